The Morgan fingerprint density at radius 1 is 0.960 bits per heavy atom. The van der Waals surface area contributed by atoms with Gasteiger partial charge in [-0.15, -0.1) is 0 Å². The summed E-state index contributed by atoms with van der Waals surface area (Å²) in [4.78, 5) is 19.3. The van der Waals surface area contributed by atoms with Crippen molar-refractivity contribution in [3.63, 3.8) is 0 Å². The first-order chi connectivity index (χ1) is 12.0. The van der Waals surface area contributed by atoms with E-state index in [2.05, 4.69) is 20.6 Å². The van der Waals surface area contributed by atoms with Crippen LogP contribution in [0.15, 0.2) is 6.33 Å². The number of aromatic nitrogens is 2. The summed E-state index contributed by atoms with van der Waals surface area (Å²) in [6, 6.07) is 0. The van der Waals surface area contributed by atoms with Crippen molar-refractivity contribution in [1.29, 1.82) is 0 Å². The molecule has 9 nitrogen and oxygen atoms in total. The van der Waals surface area contributed by atoms with Gasteiger partial charge >= 0.3 is 5.69 Å². The third-order valence-electron chi connectivity index (χ3n) is 5.50. The average molecular weight is 351 g/mol. The quantitative estimate of drug-likeness (QED) is 0.432. The minimum atomic E-state index is -0.571. The van der Waals surface area contributed by atoms with E-state index in [1.807, 2.05) is 0 Å². The number of nitrogens with zero attached hydrogens (tertiary/aromatic N) is 3. The number of anilines is 2. The molecule has 0 aliphatic heterocycles. The first-order valence-corrected chi connectivity index (χ1v) is 8.81. The Labute approximate surface area is 146 Å². The highest BCUT2D eigenvalue weighted by atomic mass is 16.6. The maximum Gasteiger partial charge on any atom is 0.353 e. The minimum Gasteiger partial charge on any atom is -0.394 e. The maximum absolute atomic E-state index is 11.7. The zero-order chi connectivity index (χ0) is 17.9. The zero-order valence-corrected chi connectivity index (χ0v) is 14.2. The standard InChI is InChI=1S/C16H25N5O4/c22-9-15(5-1-2-6-15)19-13-12(21(24)25)14(18-11-17-13)20-16(10-23)7-3-4-8-16/h11,22-23H,1-10H2,(H2,17,18,19,20). The van der Waals surface area contributed by atoms with Crippen molar-refractivity contribution in [3.8, 4) is 0 Å². The molecule has 0 spiro atoms. The molecule has 0 radical (unpaired) electrons. The van der Waals surface area contributed by atoms with Crippen LogP contribution in [0.4, 0.5) is 17.3 Å². The average Bonchev–Trinajstić information content (AvgIpc) is 3.25. The lowest BCUT2D eigenvalue weighted by Crippen LogP contribution is -2.41. The molecule has 2 saturated carbocycles. The molecule has 1 heterocycles. The molecule has 3 rings (SSSR count). The van der Waals surface area contributed by atoms with E-state index in [-0.39, 0.29) is 30.5 Å². The van der Waals surface area contributed by atoms with E-state index < -0.39 is 16.0 Å². The van der Waals surface area contributed by atoms with E-state index in [9.17, 15) is 20.3 Å². The van der Waals surface area contributed by atoms with Crippen molar-refractivity contribution >= 4 is 17.3 Å². The van der Waals surface area contributed by atoms with Gasteiger partial charge in [0.05, 0.1) is 29.2 Å². The Balaban J connectivity index is 1.93. The molecule has 0 aromatic carbocycles. The van der Waals surface area contributed by atoms with E-state index in [4.69, 9.17) is 0 Å². The topological polar surface area (TPSA) is 133 Å². The van der Waals surface area contributed by atoms with Crippen molar-refractivity contribution in [2.45, 2.75) is 62.4 Å². The summed E-state index contributed by atoms with van der Waals surface area (Å²) in [6.45, 7) is -0.199. The van der Waals surface area contributed by atoms with Gasteiger partial charge in [0.2, 0.25) is 11.6 Å². The van der Waals surface area contributed by atoms with Gasteiger partial charge in [0.25, 0.3) is 0 Å². The molecule has 138 valence electrons. The molecule has 0 bridgehead atoms. The van der Waals surface area contributed by atoms with E-state index in [0.717, 1.165) is 51.4 Å². The summed E-state index contributed by atoms with van der Waals surface area (Å²) in [6.07, 6.45) is 8.11. The molecule has 0 unspecified atom stereocenters. The monoisotopic (exact) mass is 351 g/mol. The van der Waals surface area contributed by atoms with Crippen LogP contribution < -0.4 is 10.6 Å². The van der Waals surface area contributed by atoms with Crippen molar-refractivity contribution < 1.29 is 15.1 Å². The number of hydrogen-bond donors (Lipinski definition) is 4. The summed E-state index contributed by atoms with van der Waals surface area (Å²) in [5.41, 5.74) is -1.38. The molecular formula is C16H25N5O4. The Morgan fingerprint density at radius 2 is 1.36 bits per heavy atom. The Kier molecular flexibility index (Phi) is 5.05. The highest BCUT2D eigenvalue weighted by Gasteiger charge is 2.39. The van der Waals surface area contributed by atoms with Gasteiger partial charge < -0.3 is 20.8 Å². The predicted octanol–water partition coefficient (Wildman–Crippen LogP) is 1.82. The third kappa shape index (κ3) is 3.52. The molecule has 2 aliphatic carbocycles. The fourth-order valence-electron chi connectivity index (χ4n) is 3.99. The van der Waals surface area contributed by atoms with Gasteiger partial charge in [0, 0.05) is 0 Å². The largest absolute Gasteiger partial charge is 0.394 e. The van der Waals surface area contributed by atoms with Crippen LogP contribution in [0.1, 0.15) is 51.4 Å². The molecule has 2 aliphatic rings. The molecule has 2 fully saturated rings. The van der Waals surface area contributed by atoms with Crippen LogP contribution in [-0.4, -0.2) is 49.4 Å². The van der Waals surface area contributed by atoms with Gasteiger partial charge in [0.1, 0.15) is 6.33 Å². The van der Waals surface area contributed by atoms with Crippen molar-refractivity contribution in [2.24, 2.45) is 0 Å². The first kappa shape index (κ1) is 17.8. The van der Waals surface area contributed by atoms with Crippen molar-refractivity contribution in [3.05, 3.63) is 16.4 Å². The SMILES string of the molecule is O=[N+]([O-])c1c(NC2(CO)CCCC2)ncnc1NC1(CO)CCCC1. The molecule has 0 atom stereocenters. The number of nitro groups is 1. The van der Waals surface area contributed by atoms with Gasteiger partial charge in [-0.3, -0.25) is 10.1 Å². The smallest absolute Gasteiger partial charge is 0.353 e. The summed E-state index contributed by atoms with van der Waals surface area (Å²) >= 11 is 0. The lowest BCUT2D eigenvalue weighted by atomic mass is 9.98. The molecule has 1 aromatic heterocycles. The third-order valence-corrected chi connectivity index (χ3v) is 5.50. The van der Waals surface area contributed by atoms with Gasteiger partial charge in [-0.25, -0.2) is 9.97 Å². The second-order valence-corrected chi connectivity index (χ2v) is 7.22. The Bertz CT molecular complexity index is 583. The van der Waals surface area contributed by atoms with E-state index >= 15 is 0 Å². The van der Waals surface area contributed by atoms with Crippen LogP contribution in [0.3, 0.4) is 0 Å². The lowest BCUT2D eigenvalue weighted by Gasteiger charge is -2.30. The van der Waals surface area contributed by atoms with Crippen LogP contribution in [0.5, 0.6) is 0 Å². The Morgan fingerprint density at radius 3 is 1.68 bits per heavy atom. The molecular weight excluding hydrogens is 326 g/mol. The number of aliphatic hydroxyl groups is 2. The Hall–Kier alpha value is -2.00. The zero-order valence-electron chi connectivity index (χ0n) is 14.2. The molecule has 0 amide bonds. The summed E-state index contributed by atoms with van der Waals surface area (Å²) in [5.74, 6) is 0.231. The van der Waals surface area contributed by atoms with Gasteiger partial charge in [-0.2, -0.15) is 0 Å². The first-order valence-electron chi connectivity index (χ1n) is 8.81. The van der Waals surface area contributed by atoms with Crippen LogP contribution >= 0.6 is 0 Å². The molecule has 1 aromatic rings. The van der Waals surface area contributed by atoms with E-state index in [1.165, 1.54) is 6.33 Å². The van der Waals surface area contributed by atoms with Gasteiger partial charge in [-0.05, 0) is 25.7 Å². The van der Waals surface area contributed by atoms with Crippen molar-refractivity contribution in [1.82, 2.24) is 9.97 Å². The second kappa shape index (κ2) is 7.09. The van der Waals surface area contributed by atoms with Crippen LogP contribution in [0, 0.1) is 10.1 Å². The summed E-state index contributed by atoms with van der Waals surface area (Å²) < 4.78 is 0. The number of rotatable bonds is 7. The lowest BCUT2D eigenvalue weighted by molar-refractivity contribution is -0.383. The minimum absolute atomic E-state index is 0.0997. The molecule has 9 heteroatoms. The summed E-state index contributed by atoms with van der Waals surface area (Å²) in [7, 11) is 0. The van der Waals surface area contributed by atoms with E-state index in [0.29, 0.717) is 0 Å². The predicted molar refractivity (Wildman–Crippen MR) is 92.5 cm³/mol. The fraction of sp³-hybridized carbons (Fsp3) is 0.750. The fourth-order valence-corrected chi connectivity index (χ4v) is 3.99. The highest BCUT2D eigenvalue weighted by Crippen LogP contribution is 2.39. The second-order valence-electron chi connectivity index (χ2n) is 7.22. The molecule has 4 N–H and O–H groups in total. The summed E-state index contributed by atoms with van der Waals surface area (Å²) in [5, 5.41) is 37.4. The maximum atomic E-state index is 11.7. The highest BCUT2D eigenvalue weighted by molar-refractivity contribution is 5.70. The van der Waals surface area contributed by atoms with Crippen LogP contribution in [0.2, 0.25) is 0 Å². The van der Waals surface area contributed by atoms with Crippen molar-refractivity contribution in [2.75, 3.05) is 23.8 Å². The normalized spacial score (nSPS) is 21.2. The van der Waals surface area contributed by atoms with Crippen LogP contribution in [0.25, 0.3) is 0 Å². The number of hydrogen-bond acceptors (Lipinski definition) is 8. The van der Waals surface area contributed by atoms with Gasteiger partial charge in [0.15, 0.2) is 0 Å². The molecule has 25 heavy (non-hydrogen) atoms. The van der Waals surface area contributed by atoms with E-state index in [1.54, 1.807) is 0 Å². The van der Waals surface area contributed by atoms with Gasteiger partial charge in [-0.1, -0.05) is 25.7 Å². The number of aliphatic hydroxyl groups excluding tert-OH is 2. The van der Waals surface area contributed by atoms with Crippen LogP contribution in [-0.2, 0) is 0 Å². The molecule has 0 saturated heterocycles. The number of nitrogens with one attached hydrogen (secondary N) is 2.